The van der Waals surface area contributed by atoms with Gasteiger partial charge >= 0.3 is 0 Å². The van der Waals surface area contributed by atoms with Gasteiger partial charge in [0.1, 0.15) is 5.76 Å². The van der Waals surface area contributed by atoms with E-state index in [2.05, 4.69) is 25.4 Å². The summed E-state index contributed by atoms with van der Waals surface area (Å²) in [7, 11) is 0. The number of nitrogens with zero attached hydrogens (tertiary/aromatic N) is 5. The van der Waals surface area contributed by atoms with Gasteiger partial charge in [0.25, 0.3) is 0 Å². The number of hydrogen-bond acceptors (Lipinski definition) is 7. The Balaban J connectivity index is 1.36. The molecule has 1 unspecified atom stereocenters. The van der Waals surface area contributed by atoms with Crippen molar-refractivity contribution in [1.29, 1.82) is 0 Å². The largest absolute Gasteiger partial charge is 0.467 e. The van der Waals surface area contributed by atoms with Crippen molar-refractivity contribution in [2.75, 3.05) is 23.3 Å². The summed E-state index contributed by atoms with van der Waals surface area (Å²) in [5.74, 6) is 1.56. The van der Waals surface area contributed by atoms with Crippen LogP contribution in [0.4, 0.5) is 11.6 Å². The summed E-state index contributed by atoms with van der Waals surface area (Å²) in [6.07, 6.45) is 5.71. The minimum atomic E-state index is -0.368. The summed E-state index contributed by atoms with van der Waals surface area (Å²) in [4.78, 5) is 19.6. The van der Waals surface area contributed by atoms with Crippen molar-refractivity contribution in [3.63, 3.8) is 0 Å². The number of rotatable bonds is 7. The van der Waals surface area contributed by atoms with Gasteiger partial charge in [-0.15, -0.1) is 10.2 Å². The van der Waals surface area contributed by atoms with E-state index < -0.39 is 0 Å². The molecule has 5 rings (SSSR count). The van der Waals surface area contributed by atoms with E-state index in [4.69, 9.17) is 4.42 Å². The lowest BCUT2D eigenvalue weighted by Crippen LogP contribution is -2.24. The highest BCUT2D eigenvalue weighted by Crippen LogP contribution is 2.29. The minimum Gasteiger partial charge on any atom is -0.467 e. The fourth-order valence-corrected chi connectivity index (χ4v) is 4.72. The number of aromatic nitrogens is 4. The van der Waals surface area contributed by atoms with Crippen LogP contribution in [0.1, 0.15) is 25.5 Å². The first-order chi connectivity index (χ1) is 15.7. The Morgan fingerprint density at radius 2 is 2.03 bits per heavy atom. The van der Waals surface area contributed by atoms with Gasteiger partial charge in [0.05, 0.1) is 29.3 Å². The summed E-state index contributed by atoms with van der Waals surface area (Å²) in [5.41, 5.74) is 1.60. The molecule has 0 radical (unpaired) electrons. The topological polar surface area (TPSA) is 89.1 Å². The number of thioether (sulfide) groups is 1. The lowest BCUT2D eigenvalue weighted by atomic mass is 10.2. The second-order valence-corrected chi connectivity index (χ2v) is 9.08. The molecule has 164 valence electrons. The first-order valence-electron chi connectivity index (χ1n) is 10.7. The number of nitrogens with one attached hydrogen (secondary N) is 1. The number of benzene rings is 1. The van der Waals surface area contributed by atoms with Crippen LogP contribution in [0.25, 0.3) is 10.9 Å². The zero-order valence-electron chi connectivity index (χ0n) is 17.8. The Bertz CT molecular complexity index is 1210. The van der Waals surface area contributed by atoms with Gasteiger partial charge < -0.3 is 14.6 Å². The number of carbonyl (C=O) groups excluding carboxylic acids is 1. The standard InChI is InChI=1S/C23H24N6O2S/c1-16(21(30)25-20-10-4-9-19-18(20)8-5-11-24-19)32-23-27-26-22(28-12-2-3-13-28)29(23)15-17-7-6-14-31-17/h4-11,14,16H,2-3,12-13,15H2,1H3,(H,25,30). The molecular weight excluding hydrogens is 424 g/mol. The van der Waals surface area contributed by atoms with Gasteiger partial charge in [-0.05, 0) is 56.2 Å². The zero-order chi connectivity index (χ0) is 21.9. The molecule has 1 aliphatic heterocycles. The molecule has 32 heavy (non-hydrogen) atoms. The summed E-state index contributed by atoms with van der Waals surface area (Å²) < 4.78 is 7.60. The average Bonchev–Trinajstić information content (AvgIpc) is 3.57. The van der Waals surface area contributed by atoms with E-state index in [9.17, 15) is 4.79 Å². The maximum Gasteiger partial charge on any atom is 0.237 e. The highest BCUT2D eigenvalue weighted by Gasteiger charge is 2.25. The number of amides is 1. The highest BCUT2D eigenvalue weighted by molar-refractivity contribution is 8.00. The number of fused-ring (bicyclic) bond motifs is 1. The molecule has 1 aliphatic rings. The van der Waals surface area contributed by atoms with Crippen molar-refractivity contribution in [2.24, 2.45) is 0 Å². The Kier molecular flexibility index (Phi) is 5.81. The van der Waals surface area contributed by atoms with E-state index in [1.54, 1.807) is 12.5 Å². The maximum atomic E-state index is 13.0. The van der Waals surface area contributed by atoms with Crippen LogP contribution in [-0.2, 0) is 11.3 Å². The monoisotopic (exact) mass is 448 g/mol. The van der Waals surface area contributed by atoms with Gasteiger partial charge in [-0.1, -0.05) is 17.8 Å². The molecule has 3 aromatic heterocycles. The maximum absolute atomic E-state index is 13.0. The molecule has 9 heteroatoms. The molecule has 0 bridgehead atoms. The molecule has 0 spiro atoms. The molecule has 1 N–H and O–H groups in total. The Morgan fingerprint density at radius 3 is 2.84 bits per heavy atom. The summed E-state index contributed by atoms with van der Waals surface area (Å²) in [6.45, 7) is 4.33. The zero-order valence-corrected chi connectivity index (χ0v) is 18.6. The lowest BCUT2D eigenvalue weighted by Gasteiger charge is -2.18. The first kappa shape index (κ1) is 20.6. The van der Waals surface area contributed by atoms with E-state index in [-0.39, 0.29) is 11.2 Å². The van der Waals surface area contributed by atoms with Crippen molar-refractivity contribution in [2.45, 2.75) is 36.7 Å². The molecule has 4 heterocycles. The molecule has 1 atom stereocenters. The van der Waals surface area contributed by atoms with Crippen LogP contribution in [-0.4, -0.2) is 44.0 Å². The highest BCUT2D eigenvalue weighted by atomic mass is 32.2. The van der Waals surface area contributed by atoms with Gasteiger partial charge in [0.15, 0.2) is 5.16 Å². The first-order valence-corrected chi connectivity index (χ1v) is 11.6. The third-order valence-corrected chi connectivity index (χ3v) is 6.62. The Hall–Kier alpha value is -3.33. The normalized spacial score (nSPS) is 14.7. The number of carbonyl (C=O) groups is 1. The average molecular weight is 449 g/mol. The van der Waals surface area contributed by atoms with E-state index in [1.807, 2.05) is 54.0 Å². The molecule has 1 amide bonds. The van der Waals surface area contributed by atoms with Gasteiger partial charge in [-0.3, -0.25) is 14.3 Å². The van der Waals surface area contributed by atoms with Crippen LogP contribution < -0.4 is 10.2 Å². The third kappa shape index (κ3) is 4.20. The van der Waals surface area contributed by atoms with Gasteiger partial charge in [-0.2, -0.15) is 0 Å². The summed E-state index contributed by atoms with van der Waals surface area (Å²) in [6, 6.07) is 13.4. The van der Waals surface area contributed by atoms with Gasteiger partial charge in [-0.25, -0.2) is 0 Å². The van der Waals surface area contributed by atoms with E-state index in [0.717, 1.165) is 54.2 Å². The van der Waals surface area contributed by atoms with Gasteiger partial charge in [0, 0.05) is 24.7 Å². The van der Waals surface area contributed by atoms with E-state index >= 15 is 0 Å². The van der Waals surface area contributed by atoms with Crippen molar-refractivity contribution < 1.29 is 9.21 Å². The molecule has 1 saturated heterocycles. The van der Waals surface area contributed by atoms with Crippen LogP contribution >= 0.6 is 11.8 Å². The fraction of sp³-hybridized carbons (Fsp3) is 0.304. The second-order valence-electron chi connectivity index (χ2n) is 7.77. The quantitative estimate of drug-likeness (QED) is 0.424. The number of furan rings is 1. The SMILES string of the molecule is CC(Sc1nnc(N2CCCC2)n1Cc1ccco1)C(=O)Nc1cccc2ncccc12. The van der Waals surface area contributed by atoms with Crippen LogP contribution in [0.5, 0.6) is 0 Å². The van der Waals surface area contributed by atoms with Crippen molar-refractivity contribution in [3.05, 3.63) is 60.7 Å². The van der Waals surface area contributed by atoms with Crippen LogP contribution in [0.2, 0.25) is 0 Å². The summed E-state index contributed by atoms with van der Waals surface area (Å²) in [5, 5.41) is 13.2. The molecule has 1 aromatic carbocycles. The molecule has 1 fully saturated rings. The lowest BCUT2D eigenvalue weighted by molar-refractivity contribution is -0.115. The molecule has 0 aliphatic carbocycles. The second kappa shape index (κ2) is 9.04. The predicted molar refractivity (Wildman–Crippen MR) is 125 cm³/mol. The number of pyridine rings is 1. The summed E-state index contributed by atoms with van der Waals surface area (Å²) >= 11 is 1.40. The van der Waals surface area contributed by atoms with Crippen LogP contribution in [0, 0.1) is 0 Å². The predicted octanol–water partition coefficient (Wildman–Crippen LogP) is 4.19. The van der Waals surface area contributed by atoms with Crippen LogP contribution in [0.15, 0.2) is 64.5 Å². The Labute approximate surface area is 190 Å². The minimum absolute atomic E-state index is 0.0957. The molecule has 0 saturated carbocycles. The fourth-order valence-electron chi connectivity index (χ4n) is 3.87. The Morgan fingerprint density at radius 1 is 1.16 bits per heavy atom. The van der Waals surface area contributed by atoms with E-state index in [0.29, 0.717) is 11.7 Å². The van der Waals surface area contributed by atoms with Gasteiger partial charge in [0.2, 0.25) is 11.9 Å². The molecule has 8 nitrogen and oxygen atoms in total. The van der Waals surface area contributed by atoms with Crippen molar-refractivity contribution in [1.82, 2.24) is 19.7 Å². The molecular formula is C23H24N6O2S. The van der Waals surface area contributed by atoms with E-state index in [1.165, 1.54) is 11.8 Å². The van der Waals surface area contributed by atoms with Crippen molar-refractivity contribution >= 4 is 40.2 Å². The number of anilines is 2. The van der Waals surface area contributed by atoms with Crippen LogP contribution in [0.3, 0.4) is 0 Å². The third-order valence-electron chi connectivity index (χ3n) is 5.54. The van der Waals surface area contributed by atoms with Crippen molar-refractivity contribution in [3.8, 4) is 0 Å². The number of hydrogen-bond donors (Lipinski definition) is 1. The molecule has 4 aromatic rings. The smallest absolute Gasteiger partial charge is 0.237 e.